The van der Waals surface area contributed by atoms with E-state index < -0.39 is 0 Å². The molecule has 0 spiro atoms. The van der Waals surface area contributed by atoms with E-state index in [1.807, 2.05) is 0 Å². The highest BCUT2D eigenvalue weighted by Crippen LogP contribution is 2.13. The quantitative estimate of drug-likeness (QED) is 0.850. The van der Waals surface area contributed by atoms with Crippen molar-refractivity contribution in [1.29, 1.82) is 0 Å². The van der Waals surface area contributed by atoms with Crippen LogP contribution in [0, 0.1) is 5.82 Å². The SMILES string of the molecule is CC(=O)Nc1ccc(NC(=O)/C=C\c2ccc(F)cc2)cc1. The van der Waals surface area contributed by atoms with Crippen LogP contribution in [0.3, 0.4) is 0 Å². The molecule has 0 unspecified atom stereocenters. The van der Waals surface area contributed by atoms with Gasteiger partial charge in [-0.1, -0.05) is 12.1 Å². The fraction of sp³-hybridized carbons (Fsp3) is 0.0588. The molecule has 0 aliphatic rings. The molecule has 0 aliphatic carbocycles. The van der Waals surface area contributed by atoms with Crippen molar-refractivity contribution in [3.63, 3.8) is 0 Å². The van der Waals surface area contributed by atoms with Crippen LogP contribution in [0.4, 0.5) is 15.8 Å². The number of carbonyl (C=O) groups is 2. The third kappa shape index (κ3) is 4.86. The van der Waals surface area contributed by atoms with Gasteiger partial charge in [0.1, 0.15) is 5.82 Å². The Morgan fingerprint density at radius 2 is 1.45 bits per heavy atom. The van der Waals surface area contributed by atoms with E-state index in [2.05, 4.69) is 10.6 Å². The number of nitrogens with one attached hydrogen (secondary N) is 2. The van der Waals surface area contributed by atoms with E-state index in [0.717, 1.165) is 5.56 Å². The molecule has 2 N–H and O–H groups in total. The zero-order chi connectivity index (χ0) is 15.9. The van der Waals surface area contributed by atoms with E-state index in [0.29, 0.717) is 11.4 Å². The molecular formula is C17H15FN2O2. The smallest absolute Gasteiger partial charge is 0.248 e. The van der Waals surface area contributed by atoms with Crippen molar-refractivity contribution in [3.05, 3.63) is 66.0 Å². The predicted octanol–water partition coefficient (Wildman–Crippen LogP) is 3.44. The Hall–Kier alpha value is -2.95. The summed E-state index contributed by atoms with van der Waals surface area (Å²) in [4.78, 5) is 22.7. The second-order valence-electron chi connectivity index (χ2n) is 4.63. The minimum atomic E-state index is -0.319. The molecule has 0 saturated carbocycles. The van der Waals surface area contributed by atoms with E-state index in [1.165, 1.54) is 25.1 Å². The Labute approximate surface area is 127 Å². The molecule has 0 bridgehead atoms. The molecule has 2 amide bonds. The van der Waals surface area contributed by atoms with Crippen molar-refractivity contribution >= 4 is 29.3 Å². The first kappa shape index (κ1) is 15.4. The summed E-state index contributed by atoms with van der Waals surface area (Å²) in [5, 5.41) is 5.33. The third-order valence-corrected chi connectivity index (χ3v) is 2.77. The normalized spacial score (nSPS) is 10.5. The van der Waals surface area contributed by atoms with Gasteiger partial charge in [-0.05, 0) is 48.0 Å². The number of anilines is 2. The molecule has 2 aromatic rings. The molecule has 0 fully saturated rings. The lowest BCUT2D eigenvalue weighted by Crippen LogP contribution is -2.08. The molecule has 112 valence electrons. The number of amides is 2. The summed E-state index contributed by atoms with van der Waals surface area (Å²) in [6.45, 7) is 1.43. The van der Waals surface area contributed by atoms with Crippen LogP contribution in [-0.4, -0.2) is 11.8 Å². The number of rotatable bonds is 4. The van der Waals surface area contributed by atoms with Crippen LogP contribution in [-0.2, 0) is 9.59 Å². The monoisotopic (exact) mass is 298 g/mol. The molecule has 4 nitrogen and oxygen atoms in total. The van der Waals surface area contributed by atoms with Crippen molar-refractivity contribution in [1.82, 2.24) is 0 Å². The average Bonchev–Trinajstić information content (AvgIpc) is 2.48. The zero-order valence-electron chi connectivity index (χ0n) is 12.0. The zero-order valence-corrected chi connectivity index (χ0v) is 12.0. The van der Waals surface area contributed by atoms with E-state index in [9.17, 15) is 14.0 Å². The number of hydrogen-bond donors (Lipinski definition) is 2. The Morgan fingerprint density at radius 1 is 0.909 bits per heavy atom. The van der Waals surface area contributed by atoms with Crippen LogP contribution in [0.5, 0.6) is 0 Å². The molecule has 2 aromatic carbocycles. The van der Waals surface area contributed by atoms with Gasteiger partial charge in [-0.15, -0.1) is 0 Å². The third-order valence-electron chi connectivity index (χ3n) is 2.77. The fourth-order valence-corrected chi connectivity index (χ4v) is 1.77. The van der Waals surface area contributed by atoms with Crippen LogP contribution in [0.15, 0.2) is 54.6 Å². The van der Waals surface area contributed by atoms with Gasteiger partial charge in [0.25, 0.3) is 0 Å². The lowest BCUT2D eigenvalue weighted by molar-refractivity contribution is -0.114. The van der Waals surface area contributed by atoms with Gasteiger partial charge in [0.15, 0.2) is 0 Å². The van der Waals surface area contributed by atoms with Crippen molar-refractivity contribution in [2.24, 2.45) is 0 Å². The minimum absolute atomic E-state index is 0.154. The maximum absolute atomic E-state index is 12.8. The largest absolute Gasteiger partial charge is 0.326 e. The lowest BCUT2D eigenvalue weighted by atomic mass is 10.2. The number of carbonyl (C=O) groups excluding carboxylic acids is 2. The van der Waals surface area contributed by atoms with Crippen molar-refractivity contribution in [2.75, 3.05) is 10.6 Å². The first-order valence-corrected chi connectivity index (χ1v) is 6.65. The summed E-state index contributed by atoms with van der Waals surface area (Å²) in [6.07, 6.45) is 2.97. The van der Waals surface area contributed by atoms with E-state index in [4.69, 9.17) is 0 Å². The number of halogens is 1. The van der Waals surface area contributed by atoms with Gasteiger partial charge in [-0.2, -0.15) is 0 Å². The summed E-state index contributed by atoms with van der Waals surface area (Å²) in [6, 6.07) is 12.6. The second-order valence-corrected chi connectivity index (χ2v) is 4.63. The van der Waals surface area contributed by atoms with Crippen LogP contribution >= 0.6 is 0 Å². The van der Waals surface area contributed by atoms with Gasteiger partial charge in [0.05, 0.1) is 0 Å². The molecule has 0 atom stereocenters. The molecule has 0 aliphatic heterocycles. The molecule has 5 heteroatoms. The summed E-state index contributed by atoms with van der Waals surface area (Å²) in [7, 11) is 0. The summed E-state index contributed by atoms with van der Waals surface area (Å²) >= 11 is 0. The first-order chi connectivity index (χ1) is 10.5. The van der Waals surface area contributed by atoms with Crippen molar-refractivity contribution < 1.29 is 14.0 Å². The van der Waals surface area contributed by atoms with E-state index in [-0.39, 0.29) is 17.6 Å². The van der Waals surface area contributed by atoms with Gasteiger partial charge >= 0.3 is 0 Å². The number of hydrogen-bond acceptors (Lipinski definition) is 2. The molecule has 0 saturated heterocycles. The topological polar surface area (TPSA) is 58.2 Å². The molecule has 0 radical (unpaired) electrons. The van der Waals surface area contributed by atoms with Crippen LogP contribution in [0.2, 0.25) is 0 Å². The van der Waals surface area contributed by atoms with Gasteiger partial charge in [0.2, 0.25) is 11.8 Å². The summed E-state index contributed by atoms with van der Waals surface area (Å²) in [5.74, 6) is -0.767. The van der Waals surface area contributed by atoms with Crippen LogP contribution in [0.25, 0.3) is 6.08 Å². The average molecular weight is 298 g/mol. The first-order valence-electron chi connectivity index (χ1n) is 6.65. The molecule has 22 heavy (non-hydrogen) atoms. The predicted molar refractivity (Wildman–Crippen MR) is 84.8 cm³/mol. The summed E-state index contributed by atoms with van der Waals surface area (Å²) < 4.78 is 12.8. The van der Waals surface area contributed by atoms with Crippen molar-refractivity contribution in [3.8, 4) is 0 Å². The Kier molecular flexibility index (Phi) is 5.03. The van der Waals surface area contributed by atoms with E-state index in [1.54, 1.807) is 42.5 Å². The second kappa shape index (κ2) is 7.17. The Morgan fingerprint density at radius 3 is 2.00 bits per heavy atom. The molecule has 2 rings (SSSR count). The Bertz CT molecular complexity index is 692. The van der Waals surface area contributed by atoms with Gasteiger partial charge in [-0.3, -0.25) is 9.59 Å². The maximum atomic E-state index is 12.8. The van der Waals surface area contributed by atoms with Crippen LogP contribution < -0.4 is 10.6 Å². The molecular weight excluding hydrogens is 283 g/mol. The highest BCUT2D eigenvalue weighted by Gasteiger charge is 1.99. The molecule has 0 heterocycles. The molecule has 0 aromatic heterocycles. The van der Waals surface area contributed by atoms with E-state index >= 15 is 0 Å². The van der Waals surface area contributed by atoms with Crippen molar-refractivity contribution in [2.45, 2.75) is 6.92 Å². The lowest BCUT2D eigenvalue weighted by Gasteiger charge is -2.05. The highest BCUT2D eigenvalue weighted by molar-refractivity contribution is 6.02. The van der Waals surface area contributed by atoms with Gasteiger partial charge in [0, 0.05) is 24.4 Å². The maximum Gasteiger partial charge on any atom is 0.248 e. The van der Waals surface area contributed by atoms with Gasteiger partial charge in [-0.25, -0.2) is 4.39 Å². The fourth-order valence-electron chi connectivity index (χ4n) is 1.77. The highest BCUT2D eigenvalue weighted by atomic mass is 19.1. The Balaban J connectivity index is 1.94. The van der Waals surface area contributed by atoms with Crippen LogP contribution in [0.1, 0.15) is 12.5 Å². The standard InChI is InChI=1S/C17H15FN2O2/c1-12(21)19-15-7-9-16(10-8-15)20-17(22)11-4-13-2-5-14(18)6-3-13/h2-11H,1H3,(H,19,21)(H,20,22)/b11-4-. The minimum Gasteiger partial charge on any atom is -0.326 e. The van der Waals surface area contributed by atoms with Gasteiger partial charge < -0.3 is 10.6 Å². The summed E-state index contributed by atoms with van der Waals surface area (Å²) in [5.41, 5.74) is 2.01. The number of benzene rings is 2.